The minimum Gasteiger partial charge on any atom is -0.303 e. The third kappa shape index (κ3) is 7.60. The molecule has 2 heteroatoms. The Balaban J connectivity index is 3.22. The molecule has 0 aliphatic carbocycles. The molecule has 1 nitrogen and oxygen atoms in total. The first-order chi connectivity index (χ1) is 5.31. The molecule has 0 N–H and O–H groups in total. The zero-order valence-corrected chi connectivity index (χ0v) is 7.68. The quantitative estimate of drug-likeness (QED) is 0.344. The van der Waals surface area contributed by atoms with Crippen LogP contribution in [0, 0.1) is 5.92 Å². The van der Waals surface area contributed by atoms with Crippen molar-refractivity contribution in [1.82, 2.24) is 0 Å². The number of hydrogen-bond acceptors (Lipinski definition) is 1. The molecule has 0 bridgehead atoms. The van der Waals surface area contributed by atoms with Crippen molar-refractivity contribution in [2.45, 2.75) is 26.2 Å². The van der Waals surface area contributed by atoms with Crippen molar-refractivity contribution in [2.75, 3.05) is 5.88 Å². The van der Waals surface area contributed by atoms with Crippen LogP contribution in [0.25, 0.3) is 0 Å². The molecule has 0 aliphatic rings. The van der Waals surface area contributed by atoms with Crippen LogP contribution in [-0.2, 0) is 4.79 Å². The molecule has 0 heterocycles. The van der Waals surface area contributed by atoms with Gasteiger partial charge in [-0.05, 0) is 18.8 Å². The summed E-state index contributed by atoms with van der Waals surface area (Å²) in [7, 11) is 0. The molecule has 64 valence electrons. The molecule has 0 saturated heterocycles. The number of hydrogen-bond donors (Lipinski definition) is 0. The monoisotopic (exact) mass is 174 g/mol. The van der Waals surface area contributed by atoms with Crippen LogP contribution in [0.3, 0.4) is 0 Å². The van der Waals surface area contributed by atoms with E-state index in [-0.39, 0.29) is 0 Å². The lowest BCUT2D eigenvalue weighted by Crippen LogP contribution is -1.93. The lowest BCUT2D eigenvalue weighted by molar-refractivity contribution is -0.108. The zero-order chi connectivity index (χ0) is 8.53. The fourth-order valence-corrected chi connectivity index (χ4v) is 0.970. The van der Waals surface area contributed by atoms with Crippen LogP contribution in [0.5, 0.6) is 0 Å². The highest BCUT2D eigenvalue weighted by molar-refractivity contribution is 6.18. The van der Waals surface area contributed by atoms with Crippen molar-refractivity contribution in [3.05, 3.63) is 12.2 Å². The first-order valence-corrected chi connectivity index (χ1v) is 4.49. The van der Waals surface area contributed by atoms with Crippen molar-refractivity contribution < 1.29 is 4.79 Å². The van der Waals surface area contributed by atoms with E-state index < -0.39 is 0 Å². The number of alkyl halides is 1. The highest BCUT2D eigenvalue weighted by atomic mass is 35.5. The Morgan fingerprint density at radius 2 is 2.18 bits per heavy atom. The molecular weight excluding hydrogens is 160 g/mol. The van der Waals surface area contributed by atoms with Gasteiger partial charge in [0.05, 0.1) is 0 Å². The zero-order valence-electron chi connectivity index (χ0n) is 6.92. The molecular formula is C9H15ClO. The summed E-state index contributed by atoms with van der Waals surface area (Å²) in [5.74, 6) is 1.09. The second-order valence-electron chi connectivity index (χ2n) is 2.71. The predicted molar refractivity (Wildman–Crippen MR) is 48.9 cm³/mol. The second-order valence-corrected chi connectivity index (χ2v) is 3.02. The van der Waals surface area contributed by atoms with E-state index in [1.54, 1.807) is 0 Å². The lowest BCUT2D eigenvalue weighted by atomic mass is 10.0. The van der Waals surface area contributed by atoms with Gasteiger partial charge in [0, 0.05) is 12.3 Å². The van der Waals surface area contributed by atoms with E-state index >= 15 is 0 Å². The van der Waals surface area contributed by atoms with Gasteiger partial charge in [-0.25, -0.2) is 0 Å². The number of carbonyl (C=O) groups excluding carboxylic acids is 1. The van der Waals surface area contributed by atoms with Gasteiger partial charge in [0.15, 0.2) is 0 Å². The molecule has 0 amide bonds. The van der Waals surface area contributed by atoms with Crippen molar-refractivity contribution >= 4 is 17.9 Å². The highest BCUT2D eigenvalue weighted by Crippen LogP contribution is 2.08. The number of aldehydes is 1. The van der Waals surface area contributed by atoms with Gasteiger partial charge in [-0.3, -0.25) is 0 Å². The molecule has 0 aromatic carbocycles. The van der Waals surface area contributed by atoms with Crippen molar-refractivity contribution in [3.8, 4) is 0 Å². The van der Waals surface area contributed by atoms with Gasteiger partial charge in [-0.2, -0.15) is 0 Å². The summed E-state index contributed by atoms with van der Waals surface area (Å²) < 4.78 is 0. The topological polar surface area (TPSA) is 17.1 Å². The predicted octanol–water partition coefficient (Wildman–Crippen LogP) is 2.79. The van der Waals surface area contributed by atoms with Crippen LogP contribution in [0.1, 0.15) is 26.2 Å². The Labute approximate surface area is 73.4 Å². The van der Waals surface area contributed by atoms with Crippen molar-refractivity contribution in [1.29, 1.82) is 0 Å². The molecule has 0 fully saturated rings. The van der Waals surface area contributed by atoms with E-state index in [0.717, 1.165) is 19.1 Å². The van der Waals surface area contributed by atoms with Gasteiger partial charge in [0.2, 0.25) is 0 Å². The van der Waals surface area contributed by atoms with E-state index in [1.807, 2.05) is 6.08 Å². The highest BCUT2D eigenvalue weighted by Gasteiger charge is 1.97. The standard InChI is InChI=1S/C9H15ClO/c1-9(6-8-11)5-3-2-4-7-10/h2,4,8-9H,3,5-7H2,1H3/b4-2-/t9-/m1/s1. The second kappa shape index (κ2) is 7.80. The van der Waals surface area contributed by atoms with E-state index in [1.165, 1.54) is 0 Å². The summed E-state index contributed by atoms with van der Waals surface area (Å²) >= 11 is 5.44. The summed E-state index contributed by atoms with van der Waals surface area (Å²) in [6.45, 7) is 2.09. The number of carbonyl (C=O) groups is 1. The van der Waals surface area contributed by atoms with Crippen molar-refractivity contribution in [3.63, 3.8) is 0 Å². The Morgan fingerprint density at radius 3 is 2.73 bits per heavy atom. The third-order valence-electron chi connectivity index (χ3n) is 1.58. The molecule has 0 saturated carbocycles. The molecule has 0 aliphatic heterocycles. The van der Waals surface area contributed by atoms with Gasteiger partial charge < -0.3 is 4.79 Å². The van der Waals surface area contributed by atoms with E-state index in [4.69, 9.17) is 11.6 Å². The van der Waals surface area contributed by atoms with Crippen LogP contribution in [0.4, 0.5) is 0 Å². The maximum Gasteiger partial charge on any atom is 0.120 e. The first kappa shape index (κ1) is 10.7. The van der Waals surface area contributed by atoms with Crippen LogP contribution in [-0.4, -0.2) is 12.2 Å². The van der Waals surface area contributed by atoms with Gasteiger partial charge in [0.1, 0.15) is 6.29 Å². The maximum absolute atomic E-state index is 10.1. The van der Waals surface area contributed by atoms with E-state index in [2.05, 4.69) is 13.0 Å². The van der Waals surface area contributed by atoms with Gasteiger partial charge in [-0.1, -0.05) is 19.1 Å². The maximum atomic E-state index is 10.1. The van der Waals surface area contributed by atoms with E-state index in [0.29, 0.717) is 18.2 Å². The Hall–Kier alpha value is -0.300. The lowest BCUT2D eigenvalue weighted by Gasteiger charge is -2.02. The molecule has 0 spiro atoms. The Bertz CT molecular complexity index is 121. The summed E-state index contributed by atoms with van der Waals surface area (Å²) in [6.07, 6.45) is 7.77. The third-order valence-corrected chi connectivity index (χ3v) is 1.76. The van der Waals surface area contributed by atoms with Crippen LogP contribution in [0.2, 0.25) is 0 Å². The summed E-state index contributed by atoms with van der Waals surface area (Å²) in [5, 5.41) is 0. The minimum absolute atomic E-state index is 0.507. The average molecular weight is 175 g/mol. The number of halogens is 1. The molecule has 11 heavy (non-hydrogen) atoms. The first-order valence-electron chi connectivity index (χ1n) is 3.95. The Kier molecular flexibility index (Phi) is 7.59. The van der Waals surface area contributed by atoms with Gasteiger partial charge in [-0.15, -0.1) is 11.6 Å². The Morgan fingerprint density at radius 1 is 1.45 bits per heavy atom. The van der Waals surface area contributed by atoms with Crippen LogP contribution >= 0.6 is 11.6 Å². The summed E-state index contributed by atoms with van der Waals surface area (Å²) in [4.78, 5) is 10.1. The summed E-state index contributed by atoms with van der Waals surface area (Å²) in [6, 6.07) is 0. The number of rotatable bonds is 6. The van der Waals surface area contributed by atoms with Crippen LogP contribution in [0.15, 0.2) is 12.2 Å². The largest absolute Gasteiger partial charge is 0.303 e. The van der Waals surface area contributed by atoms with Crippen molar-refractivity contribution in [2.24, 2.45) is 5.92 Å². The average Bonchev–Trinajstić information content (AvgIpc) is 1.99. The normalized spacial score (nSPS) is 13.6. The fraction of sp³-hybridized carbons (Fsp3) is 0.667. The van der Waals surface area contributed by atoms with Gasteiger partial charge in [0.25, 0.3) is 0 Å². The SMILES string of the molecule is C[C@@H](CC=O)CC/C=C\CCl. The smallest absolute Gasteiger partial charge is 0.120 e. The number of allylic oxidation sites excluding steroid dienone is 2. The molecule has 1 atom stereocenters. The minimum atomic E-state index is 0.507. The fourth-order valence-electron chi connectivity index (χ4n) is 0.844. The molecule has 0 aromatic rings. The summed E-state index contributed by atoms with van der Waals surface area (Å²) in [5.41, 5.74) is 0. The molecule has 0 unspecified atom stereocenters. The van der Waals surface area contributed by atoms with E-state index in [9.17, 15) is 4.79 Å². The molecule has 0 radical (unpaired) electrons. The van der Waals surface area contributed by atoms with Crippen LogP contribution < -0.4 is 0 Å². The molecule has 0 aromatic heterocycles. The van der Waals surface area contributed by atoms with Gasteiger partial charge >= 0.3 is 0 Å². The molecule has 0 rings (SSSR count).